The Labute approximate surface area is 307 Å². The minimum atomic E-state index is 0. The first-order chi connectivity index (χ1) is 23.6. The molecule has 0 unspecified atom stereocenters. The van der Waals surface area contributed by atoms with Crippen molar-refractivity contribution in [2.75, 3.05) is 0 Å². The maximum absolute atomic E-state index is 4.62. The lowest BCUT2D eigenvalue weighted by atomic mass is 10.3. The zero-order valence-electron chi connectivity index (χ0n) is 26.5. The molecule has 0 spiro atoms. The SMILES string of the molecule is Br.Br.C1=Cc2cc3ccc(cc4ccc(cc5nc(cc1n2)C=C5)[nH]4)[nH]3.C1=Cc2cc3ccc(cc4ccc(cc5nc(cc1n2)C=C5)[nH]4)[nH]3. The summed E-state index contributed by atoms with van der Waals surface area (Å²) in [5.41, 5.74) is 15.7. The van der Waals surface area contributed by atoms with E-state index >= 15 is 0 Å². The predicted molar refractivity (Wildman–Crippen MR) is 218 cm³/mol. The molecule has 16 bridgehead atoms. The van der Waals surface area contributed by atoms with Gasteiger partial charge in [-0.3, -0.25) is 0 Å². The summed E-state index contributed by atoms with van der Waals surface area (Å²) in [7, 11) is 0. The van der Waals surface area contributed by atoms with Gasteiger partial charge in [0.1, 0.15) is 0 Å². The van der Waals surface area contributed by atoms with Crippen LogP contribution in [0.3, 0.4) is 0 Å². The summed E-state index contributed by atoms with van der Waals surface area (Å²) in [5.74, 6) is 0. The molecule has 0 aromatic carbocycles. The summed E-state index contributed by atoms with van der Waals surface area (Å²) >= 11 is 0. The molecule has 4 aliphatic rings. The summed E-state index contributed by atoms with van der Waals surface area (Å²) < 4.78 is 0. The second kappa shape index (κ2) is 13.9. The molecule has 0 atom stereocenters. The number of nitrogens with zero attached hydrogens (tertiary/aromatic N) is 4. The smallest absolute Gasteiger partial charge is 0.0659 e. The molecule has 50 heavy (non-hydrogen) atoms. The number of halogens is 2. The van der Waals surface area contributed by atoms with E-state index in [1.54, 1.807) is 0 Å². The van der Waals surface area contributed by atoms with Crippen LogP contribution >= 0.6 is 34.0 Å². The molecule has 0 fully saturated rings. The van der Waals surface area contributed by atoms with Crippen LogP contribution in [0.2, 0.25) is 0 Å². The third-order valence-corrected chi connectivity index (χ3v) is 8.08. The van der Waals surface area contributed by atoms with Crippen molar-refractivity contribution >= 4 is 127 Å². The van der Waals surface area contributed by atoms with Gasteiger partial charge in [0.05, 0.1) is 45.6 Å². The Morgan fingerprint density at radius 1 is 0.240 bits per heavy atom. The fourth-order valence-electron chi connectivity index (χ4n) is 5.89. The molecular weight excluding hydrogens is 752 g/mol. The molecule has 0 amide bonds. The molecule has 10 heterocycles. The average molecular weight is 783 g/mol. The number of aromatic nitrogens is 8. The third kappa shape index (κ3) is 7.41. The van der Waals surface area contributed by atoms with Crippen molar-refractivity contribution in [3.63, 3.8) is 0 Å². The molecule has 4 aliphatic heterocycles. The van der Waals surface area contributed by atoms with Crippen LogP contribution in [-0.2, 0) is 0 Å². The van der Waals surface area contributed by atoms with Gasteiger partial charge in [-0.15, -0.1) is 34.0 Å². The Morgan fingerprint density at radius 2 is 0.420 bits per heavy atom. The van der Waals surface area contributed by atoms with Crippen LogP contribution < -0.4 is 0 Å². The Balaban J connectivity index is 0.000000151. The Bertz CT molecular complexity index is 2340. The van der Waals surface area contributed by atoms with Crippen LogP contribution in [0.15, 0.2) is 97.1 Å². The molecule has 0 saturated carbocycles. The van der Waals surface area contributed by atoms with Crippen LogP contribution in [-0.4, -0.2) is 39.9 Å². The van der Waals surface area contributed by atoms with Gasteiger partial charge in [0.2, 0.25) is 0 Å². The van der Waals surface area contributed by atoms with Gasteiger partial charge >= 0.3 is 0 Å². The first kappa shape index (κ1) is 32.7. The highest BCUT2D eigenvalue weighted by Crippen LogP contribution is 2.19. The van der Waals surface area contributed by atoms with Crippen molar-refractivity contribution in [3.8, 4) is 0 Å². The van der Waals surface area contributed by atoms with Crippen LogP contribution in [0.25, 0.3) is 92.7 Å². The van der Waals surface area contributed by atoms with Crippen molar-refractivity contribution in [1.82, 2.24) is 39.9 Å². The molecule has 0 aliphatic carbocycles. The van der Waals surface area contributed by atoms with E-state index < -0.39 is 0 Å². The zero-order valence-corrected chi connectivity index (χ0v) is 29.9. The topological polar surface area (TPSA) is 115 Å². The number of H-pyrrole nitrogens is 4. The summed E-state index contributed by atoms with van der Waals surface area (Å²) in [6, 6.07) is 32.8. The van der Waals surface area contributed by atoms with E-state index in [1.165, 1.54) is 0 Å². The molecule has 0 radical (unpaired) electrons. The highest BCUT2D eigenvalue weighted by atomic mass is 79.9. The standard InChI is InChI=1S/2C20H14N4.2BrH/c2*1-2-14-10-16-5-6-18(23-16)12-20-8-7-19(24-20)11-17-4-3-15(22-17)9-13(1)21-14;;/h2*1-12,21-22H;2*1H. The third-order valence-electron chi connectivity index (χ3n) is 8.08. The average Bonchev–Trinajstić information content (AvgIpc) is 3.91. The molecule has 10 heteroatoms. The highest BCUT2D eigenvalue weighted by Gasteiger charge is 2.04. The fourth-order valence-corrected chi connectivity index (χ4v) is 5.89. The second-order valence-electron chi connectivity index (χ2n) is 11.8. The molecule has 244 valence electrons. The summed E-state index contributed by atoms with van der Waals surface area (Å²) in [4.78, 5) is 32.0. The lowest BCUT2D eigenvalue weighted by molar-refractivity contribution is 1.28. The normalized spacial score (nSPS) is 12.2. The molecule has 8 nitrogen and oxygen atoms in total. The van der Waals surface area contributed by atoms with E-state index in [1.807, 2.05) is 85.0 Å². The summed E-state index contributed by atoms with van der Waals surface area (Å²) in [6.07, 6.45) is 16.1. The number of hydrogen-bond acceptors (Lipinski definition) is 4. The van der Waals surface area contributed by atoms with Gasteiger partial charge in [-0.2, -0.15) is 0 Å². The summed E-state index contributed by atoms with van der Waals surface area (Å²) in [5, 5.41) is 0. The van der Waals surface area contributed by atoms with Crippen LogP contribution in [0, 0.1) is 0 Å². The van der Waals surface area contributed by atoms with Crippen LogP contribution in [0.5, 0.6) is 0 Å². The molecule has 6 aromatic rings. The van der Waals surface area contributed by atoms with Gasteiger partial charge < -0.3 is 19.9 Å². The lowest BCUT2D eigenvalue weighted by Crippen LogP contribution is -1.77. The Morgan fingerprint density at radius 3 is 0.640 bits per heavy atom. The van der Waals surface area contributed by atoms with Crippen molar-refractivity contribution in [2.24, 2.45) is 0 Å². The van der Waals surface area contributed by atoms with Crippen molar-refractivity contribution < 1.29 is 0 Å². The molecular formula is C40H30Br2N8. The number of rotatable bonds is 0. The Hall–Kier alpha value is -5.84. The quantitative estimate of drug-likeness (QED) is 0.123. The van der Waals surface area contributed by atoms with Gasteiger partial charge in [0, 0.05) is 44.1 Å². The molecule has 10 rings (SSSR count). The lowest BCUT2D eigenvalue weighted by Gasteiger charge is -1.86. The second-order valence-corrected chi connectivity index (χ2v) is 11.8. The fraction of sp³-hybridized carbons (Fsp3) is 0. The zero-order chi connectivity index (χ0) is 31.9. The minimum absolute atomic E-state index is 0. The maximum atomic E-state index is 4.62. The van der Waals surface area contributed by atoms with E-state index in [0.29, 0.717) is 0 Å². The van der Waals surface area contributed by atoms with E-state index in [-0.39, 0.29) is 34.0 Å². The Kier molecular flexibility index (Phi) is 9.12. The van der Waals surface area contributed by atoms with E-state index in [9.17, 15) is 0 Å². The van der Waals surface area contributed by atoms with Crippen molar-refractivity contribution in [1.29, 1.82) is 0 Å². The predicted octanol–water partition coefficient (Wildman–Crippen LogP) is 10.5. The van der Waals surface area contributed by atoms with Gasteiger partial charge in [0.15, 0.2) is 0 Å². The van der Waals surface area contributed by atoms with Gasteiger partial charge in [0.25, 0.3) is 0 Å². The van der Waals surface area contributed by atoms with Crippen molar-refractivity contribution in [3.05, 3.63) is 143 Å². The molecule has 4 N–H and O–H groups in total. The number of nitrogens with one attached hydrogen (secondary N) is 4. The highest BCUT2D eigenvalue weighted by molar-refractivity contribution is 8.93. The number of fused-ring (bicyclic) bond motifs is 16. The molecule has 6 aromatic heterocycles. The van der Waals surface area contributed by atoms with Gasteiger partial charge in [-0.25, -0.2) is 19.9 Å². The van der Waals surface area contributed by atoms with Crippen LogP contribution in [0.4, 0.5) is 0 Å². The largest absolute Gasteiger partial charge is 0.355 e. The minimum Gasteiger partial charge on any atom is -0.355 e. The summed E-state index contributed by atoms with van der Waals surface area (Å²) in [6.45, 7) is 0. The number of aromatic amines is 4. The van der Waals surface area contributed by atoms with E-state index in [2.05, 4.69) is 101 Å². The van der Waals surface area contributed by atoms with E-state index in [0.717, 1.165) is 89.7 Å². The first-order valence-electron chi connectivity index (χ1n) is 15.7. The monoisotopic (exact) mass is 780 g/mol. The molecule has 0 saturated heterocycles. The van der Waals surface area contributed by atoms with Gasteiger partial charge in [-0.1, -0.05) is 0 Å². The van der Waals surface area contributed by atoms with Crippen LogP contribution in [0.1, 0.15) is 45.6 Å². The maximum Gasteiger partial charge on any atom is 0.0659 e. The van der Waals surface area contributed by atoms with Gasteiger partial charge in [-0.05, 0) is 146 Å². The van der Waals surface area contributed by atoms with Crippen molar-refractivity contribution in [2.45, 2.75) is 0 Å². The van der Waals surface area contributed by atoms with E-state index in [4.69, 9.17) is 0 Å². The number of hydrogen-bond donors (Lipinski definition) is 4. The first-order valence-corrected chi connectivity index (χ1v) is 15.7.